The Morgan fingerprint density at radius 2 is 2.09 bits per heavy atom. The molecule has 1 amide bonds. The zero-order valence-electron chi connectivity index (χ0n) is 12.0. The molecule has 2 fully saturated rings. The van der Waals surface area contributed by atoms with Crippen molar-refractivity contribution >= 4 is 5.91 Å². The van der Waals surface area contributed by atoms with Gasteiger partial charge in [-0.15, -0.1) is 0 Å². The predicted octanol–water partition coefficient (Wildman–Crippen LogP) is 1.77. The van der Waals surface area contributed by atoms with Gasteiger partial charge in [0.05, 0.1) is 17.3 Å². The lowest BCUT2D eigenvalue weighted by atomic mass is 10.0. The molecule has 6 heteroatoms. The number of nitrogens with zero attached hydrogens (tertiary/aromatic N) is 2. The Bertz CT molecular complexity index is 689. The SMILES string of the molecule is O=C(c1cccc(F)c1-c1ncco1)N1CC2CNCC2C1. The first-order chi connectivity index (χ1) is 10.7. The highest BCUT2D eigenvalue weighted by atomic mass is 19.1. The number of hydrogen-bond donors (Lipinski definition) is 1. The van der Waals surface area contributed by atoms with Crippen molar-refractivity contribution in [1.29, 1.82) is 0 Å². The van der Waals surface area contributed by atoms with Gasteiger partial charge in [0.1, 0.15) is 12.1 Å². The fourth-order valence-corrected chi connectivity index (χ4v) is 3.46. The molecule has 2 saturated heterocycles. The summed E-state index contributed by atoms with van der Waals surface area (Å²) in [6.07, 6.45) is 2.82. The van der Waals surface area contributed by atoms with E-state index in [-0.39, 0.29) is 17.4 Å². The Hall–Kier alpha value is -2.21. The third-order valence-electron chi connectivity index (χ3n) is 4.57. The van der Waals surface area contributed by atoms with Crippen molar-refractivity contribution in [2.24, 2.45) is 11.8 Å². The third-order valence-corrected chi connectivity index (χ3v) is 4.57. The van der Waals surface area contributed by atoms with Crippen LogP contribution in [0.25, 0.3) is 11.5 Å². The van der Waals surface area contributed by atoms with Gasteiger partial charge in [-0.3, -0.25) is 4.79 Å². The largest absolute Gasteiger partial charge is 0.444 e. The van der Waals surface area contributed by atoms with Crippen LogP contribution in [-0.2, 0) is 0 Å². The van der Waals surface area contributed by atoms with Crippen LogP contribution in [0.3, 0.4) is 0 Å². The van der Waals surface area contributed by atoms with Crippen molar-refractivity contribution < 1.29 is 13.6 Å². The van der Waals surface area contributed by atoms with Crippen LogP contribution in [0.15, 0.2) is 35.1 Å². The molecule has 2 aliphatic rings. The van der Waals surface area contributed by atoms with Gasteiger partial charge in [0.25, 0.3) is 5.91 Å². The van der Waals surface area contributed by atoms with Crippen LogP contribution in [0, 0.1) is 17.7 Å². The van der Waals surface area contributed by atoms with Gasteiger partial charge in [0.2, 0.25) is 5.89 Å². The molecule has 1 aromatic carbocycles. The molecule has 5 nitrogen and oxygen atoms in total. The summed E-state index contributed by atoms with van der Waals surface area (Å²) in [5, 5.41) is 3.34. The second kappa shape index (κ2) is 5.21. The zero-order valence-corrected chi connectivity index (χ0v) is 12.0. The third kappa shape index (κ3) is 2.11. The van der Waals surface area contributed by atoms with E-state index in [4.69, 9.17) is 4.42 Å². The first-order valence-electron chi connectivity index (χ1n) is 7.42. The fraction of sp³-hybridized carbons (Fsp3) is 0.375. The molecule has 1 aromatic heterocycles. The first kappa shape index (κ1) is 13.5. The number of fused-ring (bicyclic) bond motifs is 1. The second-order valence-electron chi connectivity index (χ2n) is 5.89. The lowest BCUT2D eigenvalue weighted by Gasteiger charge is -2.19. The van der Waals surface area contributed by atoms with Gasteiger partial charge in [-0.1, -0.05) is 6.07 Å². The van der Waals surface area contributed by atoms with Crippen LogP contribution in [-0.4, -0.2) is 42.0 Å². The minimum Gasteiger partial charge on any atom is -0.444 e. The Morgan fingerprint density at radius 3 is 2.77 bits per heavy atom. The summed E-state index contributed by atoms with van der Waals surface area (Å²) in [7, 11) is 0. The number of aromatic nitrogens is 1. The quantitative estimate of drug-likeness (QED) is 0.918. The van der Waals surface area contributed by atoms with E-state index in [1.165, 1.54) is 18.5 Å². The van der Waals surface area contributed by atoms with Crippen LogP contribution < -0.4 is 5.32 Å². The summed E-state index contributed by atoms with van der Waals surface area (Å²) >= 11 is 0. The molecule has 2 unspecified atom stereocenters. The summed E-state index contributed by atoms with van der Waals surface area (Å²) in [5.41, 5.74) is 0.461. The van der Waals surface area contributed by atoms with Crippen LogP contribution in [0.5, 0.6) is 0 Å². The Morgan fingerprint density at radius 1 is 1.32 bits per heavy atom. The smallest absolute Gasteiger partial charge is 0.254 e. The number of amides is 1. The normalized spacial score (nSPS) is 23.8. The Balaban J connectivity index is 1.68. The van der Waals surface area contributed by atoms with E-state index in [0.717, 1.165) is 26.2 Å². The number of likely N-dealkylation sites (tertiary alicyclic amines) is 1. The van der Waals surface area contributed by atoms with Crippen LogP contribution in [0.4, 0.5) is 4.39 Å². The molecule has 0 aliphatic carbocycles. The van der Waals surface area contributed by atoms with Crippen molar-refractivity contribution in [3.63, 3.8) is 0 Å². The van der Waals surface area contributed by atoms with E-state index < -0.39 is 5.82 Å². The predicted molar refractivity (Wildman–Crippen MR) is 77.7 cm³/mol. The molecule has 2 atom stereocenters. The molecule has 114 valence electrons. The Labute approximate surface area is 127 Å². The van der Waals surface area contributed by atoms with Crippen molar-refractivity contribution in [2.75, 3.05) is 26.2 Å². The maximum atomic E-state index is 14.2. The van der Waals surface area contributed by atoms with E-state index in [0.29, 0.717) is 17.4 Å². The van der Waals surface area contributed by atoms with Crippen molar-refractivity contribution in [1.82, 2.24) is 15.2 Å². The highest BCUT2D eigenvalue weighted by Crippen LogP contribution is 2.31. The number of carbonyl (C=O) groups is 1. The fourth-order valence-electron chi connectivity index (χ4n) is 3.46. The maximum Gasteiger partial charge on any atom is 0.254 e. The number of oxazole rings is 1. The lowest BCUT2D eigenvalue weighted by Crippen LogP contribution is -2.32. The summed E-state index contributed by atoms with van der Waals surface area (Å²) < 4.78 is 19.4. The van der Waals surface area contributed by atoms with E-state index in [1.807, 2.05) is 4.90 Å². The van der Waals surface area contributed by atoms with Crippen LogP contribution in [0.2, 0.25) is 0 Å². The average Bonchev–Trinajstić information content (AvgIpc) is 3.22. The minimum absolute atomic E-state index is 0.141. The Kier molecular flexibility index (Phi) is 3.18. The van der Waals surface area contributed by atoms with Gasteiger partial charge in [0, 0.05) is 26.2 Å². The molecule has 3 heterocycles. The average molecular weight is 301 g/mol. The van der Waals surface area contributed by atoms with Crippen LogP contribution >= 0.6 is 0 Å². The van der Waals surface area contributed by atoms with Crippen LogP contribution in [0.1, 0.15) is 10.4 Å². The zero-order chi connectivity index (χ0) is 15.1. The van der Waals surface area contributed by atoms with Crippen molar-refractivity contribution in [2.45, 2.75) is 0 Å². The molecule has 0 saturated carbocycles. The van der Waals surface area contributed by atoms with Gasteiger partial charge in [-0.2, -0.15) is 0 Å². The molecular formula is C16H16FN3O2. The van der Waals surface area contributed by atoms with Gasteiger partial charge in [-0.05, 0) is 24.0 Å². The summed E-state index contributed by atoms with van der Waals surface area (Å²) in [5.74, 6) is 0.504. The monoisotopic (exact) mass is 301 g/mol. The highest BCUT2D eigenvalue weighted by Gasteiger charge is 2.39. The van der Waals surface area contributed by atoms with Gasteiger partial charge >= 0.3 is 0 Å². The van der Waals surface area contributed by atoms with E-state index in [9.17, 15) is 9.18 Å². The topological polar surface area (TPSA) is 58.4 Å². The van der Waals surface area contributed by atoms with Gasteiger partial charge in [-0.25, -0.2) is 9.37 Å². The second-order valence-corrected chi connectivity index (χ2v) is 5.89. The van der Waals surface area contributed by atoms with Gasteiger partial charge in [0.15, 0.2) is 0 Å². The molecule has 0 radical (unpaired) electrons. The summed E-state index contributed by atoms with van der Waals surface area (Å²) in [6.45, 7) is 3.34. The maximum absolute atomic E-state index is 14.2. The van der Waals surface area contributed by atoms with E-state index >= 15 is 0 Å². The number of rotatable bonds is 2. The molecule has 1 N–H and O–H groups in total. The number of hydrogen-bond acceptors (Lipinski definition) is 4. The standard InChI is InChI=1S/C16H16FN3O2/c17-13-3-1-2-12(14(13)15-19-4-5-22-15)16(21)20-8-10-6-18-7-11(10)9-20/h1-5,10-11,18H,6-9H2. The number of nitrogens with one attached hydrogen (secondary N) is 1. The number of carbonyl (C=O) groups excluding carboxylic acids is 1. The molecule has 2 aliphatic heterocycles. The molecule has 4 rings (SSSR count). The lowest BCUT2D eigenvalue weighted by molar-refractivity contribution is 0.0782. The van der Waals surface area contributed by atoms with E-state index in [2.05, 4.69) is 10.3 Å². The summed E-state index contributed by atoms with van der Waals surface area (Å²) in [4.78, 5) is 18.6. The minimum atomic E-state index is -0.491. The number of benzene rings is 1. The first-order valence-corrected chi connectivity index (χ1v) is 7.42. The molecule has 22 heavy (non-hydrogen) atoms. The molecule has 0 spiro atoms. The van der Waals surface area contributed by atoms with E-state index in [1.54, 1.807) is 12.1 Å². The van der Waals surface area contributed by atoms with Crippen molar-refractivity contribution in [3.8, 4) is 11.5 Å². The van der Waals surface area contributed by atoms with Gasteiger partial charge < -0.3 is 14.6 Å². The highest BCUT2D eigenvalue weighted by molar-refractivity contribution is 6.00. The van der Waals surface area contributed by atoms with Crippen molar-refractivity contribution in [3.05, 3.63) is 42.0 Å². The molecule has 2 aromatic rings. The number of halogens is 1. The molecule has 0 bridgehead atoms. The molecular weight excluding hydrogens is 285 g/mol. The summed E-state index contributed by atoms with van der Waals surface area (Å²) in [6, 6.07) is 4.50.